The average molecular weight is 280 g/mol. The lowest BCUT2D eigenvalue weighted by Gasteiger charge is -2.06. The lowest BCUT2D eigenvalue weighted by Crippen LogP contribution is -2.03. The van der Waals surface area contributed by atoms with Crippen LogP contribution in [-0.4, -0.2) is 9.97 Å². The van der Waals surface area contributed by atoms with E-state index in [4.69, 9.17) is 4.98 Å². The van der Waals surface area contributed by atoms with Gasteiger partial charge in [0.15, 0.2) is 0 Å². The molecule has 0 saturated carbocycles. The summed E-state index contributed by atoms with van der Waals surface area (Å²) in [5, 5.41) is 2.10. The van der Waals surface area contributed by atoms with Crippen LogP contribution in [0.2, 0.25) is 0 Å². The molecule has 0 saturated heterocycles. The average Bonchev–Trinajstić information content (AvgIpc) is 2.51. The van der Waals surface area contributed by atoms with Crippen molar-refractivity contribution < 1.29 is 0 Å². The second-order valence-corrected chi connectivity index (χ2v) is 5.54. The number of aryl methyl sites for hydroxylation is 1. The predicted octanol–water partition coefficient (Wildman–Crippen LogP) is 4.20. The van der Waals surface area contributed by atoms with Crippen LogP contribution in [0.5, 0.6) is 0 Å². The molecule has 2 heterocycles. The van der Waals surface area contributed by atoms with E-state index in [0.717, 1.165) is 33.9 Å². The molecule has 0 fully saturated rings. The Morgan fingerprint density at radius 3 is 2.57 bits per heavy atom. The minimum absolute atomic E-state index is 0.0786. The molecule has 0 aliphatic heterocycles. The molecule has 0 bridgehead atoms. The fourth-order valence-electron chi connectivity index (χ4n) is 2.72. The van der Waals surface area contributed by atoms with Gasteiger partial charge in [0.25, 0.3) is 0 Å². The van der Waals surface area contributed by atoms with E-state index in [-0.39, 0.29) is 5.56 Å². The second kappa shape index (κ2) is 6.08. The van der Waals surface area contributed by atoms with Crippen molar-refractivity contribution in [1.29, 1.82) is 0 Å². The third-order valence-electron chi connectivity index (χ3n) is 3.90. The molecular formula is C18H20N2O. The van der Waals surface area contributed by atoms with E-state index in [1.807, 2.05) is 12.1 Å². The highest BCUT2D eigenvalue weighted by Gasteiger charge is 2.04. The fraction of sp³-hybridized carbons (Fsp3) is 0.333. The number of benzene rings is 1. The molecule has 1 N–H and O–H groups in total. The number of rotatable bonds is 5. The number of nitrogens with zero attached hydrogens (tertiary/aromatic N) is 1. The third kappa shape index (κ3) is 2.97. The Labute approximate surface area is 124 Å². The molecule has 3 heteroatoms. The van der Waals surface area contributed by atoms with Gasteiger partial charge in [-0.15, -0.1) is 0 Å². The minimum atomic E-state index is -0.0786. The summed E-state index contributed by atoms with van der Waals surface area (Å²) in [6.45, 7) is 2.22. The summed E-state index contributed by atoms with van der Waals surface area (Å²) in [7, 11) is 0. The molecule has 3 rings (SSSR count). The molecule has 1 aromatic carbocycles. The van der Waals surface area contributed by atoms with Crippen LogP contribution >= 0.6 is 0 Å². The van der Waals surface area contributed by atoms with E-state index in [9.17, 15) is 4.79 Å². The number of unbranched alkanes of at least 4 members (excludes halogenated alkanes) is 3. The van der Waals surface area contributed by atoms with Gasteiger partial charge < -0.3 is 4.98 Å². The largest absolute Gasteiger partial charge is 0.320 e. The molecule has 0 atom stereocenters. The molecule has 21 heavy (non-hydrogen) atoms. The molecule has 3 aromatic rings. The quantitative estimate of drug-likeness (QED) is 0.562. The normalized spacial score (nSPS) is 11.3. The Morgan fingerprint density at radius 1 is 0.952 bits per heavy atom. The van der Waals surface area contributed by atoms with Crippen molar-refractivity contribution in [3.8, 4) is 0 Å². The first-order valence-corrected chi connectivity index (χ1v) is 7.69. The van der Waals surface area contributed by atoms with Gasteiger partial charge in [0.1, 0.15) is 0 Å². The van der Waals surface area contributed by atoms with Crippen molar-refractivity contribution in [1.82, 2.24) is 9.97 Å². The van der Waals surface area contributed by atoms with Crippen molar-refractivity contribution in [2.24, 2.45) is 0 Å². The van der Waals surface area contributed by atoms with Crippen LogP contribution in [0.4, 0.5) is 0 Å². The summed E-state index contributed by atoms with van der Waals surface area (Å²) in [6, 6.07) is 11.7. The lowest BCUT2D eigenvalue weighted by molar-refractivity contribution is 0.661. The topological polar surface area (TPSA) is 45.8 Å². The molecule has 0 amide bonds. The van der Waals surface area contributed by atoms with Crippen molar-refractivity contribution in [3.05, 3.63) is 52.4 Å². The number of hydrogen-bond acceptors (Lipinski definition) is 2. The van der Waals surface area contributed by atoms with Crippen LogP contribution in [0.15, 0.2) is 41.2 Å². The van der Waals surface area contributed by atoms with Gasteiger partial charge in [-0.3, -0.25) is 9.78 Å². The fourth-order valence-corrected chi connectivity index (χ4v) is 2.72. The summed E-state index contributed by atoms with van der Waals surface area (Å²) >= 11 is 0. The van der Waals surface area contributed by atoms with Gasteiger partial charge in [0.2, 0.25) is 5.56 Å². The Hall–Kier alpha value is -2.16. The van der Waals surface area contributed by atoms with Crippen molar-refractivity contribution in [2.75, 3.05) is 0 Å². The first-order valence-electron chi connectivity index (χ1n) is 7.69. The van der Waals surface area contributed by atoms with Gasteiger partial charge in [-0.1, -0.05) is 44.4 Å². The summed E-state index contributed by atoms with van der Waals surface area (Å²) in [6.07, 6.45) is 5.96. The van der Waals surface area contributed by atoms with Crippen molar-refractivity contribution in [2.45, 2.75) is 39.0 Å². The molecule has 108 valence electrons. The first kappa shape index (κ1) is 13.8. The van der Waals surface area contributed by atoms with Crippen LogP contribution in [0.3, 0.4) is 0 Å². The predicted molar refractivity (Wildman–Crippen MR) is 87.7 cm³/mol. The summed E-state index contributed by atoms with van der Waals surface area (Å²) in [4.78, 5) is 19.3. The number of pyridine rings is 2. The highest BCUT2D eigenvalue weighted by atomic mass is 16.1. The van der Waals surface area contributed by atoms with Gasteiger partial charge in [0, 0.05) is 22.5 Å². The SMILES string of the molecule is CCCCCCc1ccc2ccc3ccc(=O)[nH]c3c2n1. The van der Waals surface area contributed by atoms with Crippen molar-refractivity contribution >= 4 is 21.8 Å². The first-order chi connectivity index (χ1) is 10.3. The Kier molecular flexibility index (Phi) is 4.00. The highest BCUT2D eigenvalue weighted by Crippen LogP contribution is 2.21. The van der Waals surface area contributed by atoms with Crippen LogP contribution in [0, 0.1) is 0 Å². The molecule has 0 aliphatic rings. The molecule has 0 radical (unpaired) electrons. The van der Waals surface area contributed by atoms with E-state index >= 15 is 0 Å². The highest BCUT2D eigenvalue weighted by molar-refractivity contribution is 6.02. The van der Waals surface area contributed by atoms with Crippen molar-refractivity contribution in [3.63, 3.8) is 0 Å². The zero-order valence-electron chi connectivity index (χ0n) is 12.4. The molecule has 2 aromatic heterocycles. The minimum Gasteiger partial charge on any atom is -0.320 e. The number of fused-ring (bicyclic) bond motifs is 3. The number of aromatic nitrogens is 2. The molecule has 0 aliphatic carbocycles. The Balaban J connectivity index is 2.00. The van der Waals surface area contributed by atoms with E-state index in [1.54, 1.807) is 6.07 Å². The molecule has 0 spiro atoms. The maximum Gasteiger partial charge on any atom is 0.248 e. The number of hydrogen-bond donors (Lipinski definition) is 1. The zero-order chi connectivity index (χ0) is 14.7. The van der Waals surface area contributed by atoms with Crippen LogP contribution in [0.25, 0.3) is 21.8 Å². The summed E-state index contributed by atoms with van der Waals surface area (Å²) in [5.41, 5.74) is 2.77. The smallest absolute Gasteiger partial charge is 0.248 e. The van der Waals surface area contributed by atoms with E-state index in [0.29, 0.717) is 0 Å². The number of H-pyrrole nitrogens is 1. The van der Waals surface area contributed by atoms with Gasteiger partial charge in [-0.05, 0) is 25.0 Å². The molecular weight excluding hydrogens is 260 g/mol. The number of nitrogens with one attached hydrogen (secondary N) is 1. The van der Waals surface area contributed by atoms with E-state index < -0.39 is 0 Å². The summed E-state index contributed by atoms with van der Waals surface area (Å²) < 4.78 is 0. The van der Waals surface area contributed by atoms with Crippen LogP contribution in [0.1, 0.15) is 38.3 Å². The number of aromatic amines is 1. The maximum absolute atomic E-state index is 11.6. The Morgan fingerprint density at radius 2 is 1.71 bits per heavy atom. The Bertz CT molecular complexity index is 820. The summed E-state index contributed by atoms with van der Waals surface area (Å²) in [5.74, 6) is 0. The van der Waals surface area contributed by atoms with Gasteiger partial charge in [-0.25, -0.2) is 0 Å². The van der Waals surface area contributed by atoms with Gasteiger partial charge in [-0.2, -0.15) is 0 Å². The maximum atomic E-state index is 11.6. The van der Waals surface area contributed by atoms with E-state index in [1.165, 1.54) is 25.7 Å². The van der Waals surface area contributed by atoms with Crippen LogP contribution in [-0.2, 0) is 6.42 Å². The van der Waals surface area contributed by atoms with Crippen LogP contribution < -0.4 is 5.56 Å². The standard InChI is InChI=1S/C18H20N2O/c1-2-3-4-5-6-15-11-9-13-7-8-14-10-12-16(21)20-18(14)17(13)19-15/h7-12H,2-6H2,1H3,(H,20,21). The zero-order valence-corrected chi connectivity index (χ0v) is 12.4. The molecule has 0 unspecified atom stereocenters. The molecule has 3 nitrogen and oxygen atoms in total. The lowest BCUT2D eigenvalue weighted by atomic mass is 10.1. The van der Waals surface area contributed by atoms with Gasteiger partial charge >= 0.3 is 0 Å². The van der Waals surface area contributed by atoms with Gasteiger partial charge in [0.05, 0.1) is 11.0 Å². The van der Waals surface area contributed by atoms with E-state index in [2.05, 4.69) is 30.1 Å². The second-order valence-electron chi connectivity index (χ2n) is 5.54. The monoisotopic (exact) mass is 280 g/mol. The third-order valence-corrected chi connectivity index (χ3v) is 3.90.